The first-order valence-electron chi connectivity index (χ1n) is 6.74. The second-order valence-corrected chi connectivity index (χ2v) is 5.79. The first kappa shape index (κ1) is 14.1. The van der Waals surface area contributed by atoms with Gasteiger partial charge in [-0.25, -0.2) is 4.98 Å². The number of anilines is 1. The Bertz CT molecular complexity index is 666. The molecule has 2 aromatic rings. The number of benzene rings is 1. The Balaban J connectivity index is 1.77. The Morgan fingerprint density at radius 1 is 1.33 bits per heavy atom. The summed E-state index contributed by atoms with van der Waals surface area (Å²) in [4.78, 5) is 6.37. The van der Waals surface area contributed by atoms with E-state index in [4.69, 9.17) is 10.00 Å². The van der Waals surface area contributed by atoms with E-state index in [9.17, 15) is 0 Å². The van der Waals surface area contributed by atoms with Gasteiger partial charge in [0, 0.05) is 17.6 Å². The van der Waals surface area contributed by atoms with Crippen LogP contribution in [0.15, 0.2) is 47.1 Å². The van der Waals surface area contributed by atoms with Crippen LogP contribution in [0.25, 0.3) is 0 Å². The smallest absolute Gasteiger partial charge is 0.140 e. The van der Waals surface area contributed by atoms with E-state index in [-0.39, 0.29) is 6.10 Å². The molecule has 1 aromatic carbocycles. The molecule has 2 heterocycles. The SMILES string of the molecule is N#Cc1ccc(N2CCO[C@H](c3cccc(Br)c3)C2)cn1. The Labute approximate surface area is 132 Å². The van der Waals surface area contributed by atoms with Crippen molar-refractivity contribution in [2.45, 2.75) is 6.10 Å². The Hall–Kier alpha value is -1.90. The van der Waals surface area contributed by atoms with E-state index in [0.29, 0.717) is 12.3 Å². The van der Waals surface area contributed by atoms with Crippen molar-refractivity contribution in [2.75, 3.05) is 24.6 Å². The van der Waals surface area contributed by atoms with Gasteiger partial charge in [0.2, 0.25) is 0 Å². The second kappa shape index (κ2) is 6.25. The largest absolute Gasteiger partial charge is 0.370 e. The number of nitrogens with zero attached hydrogens (tertiary/aromatic N) is 3. The molecule has 5 heteroatoms. The van der Waals surface area contributed by atoms with Crippen LogP contribution in [0.3, 0.4) is 0 Å². The molecular weight excluding hydrogens is 330 g/mol. The summed E-state index contributed by atoms with van der Waals surface area (Å²) >= 11 is 3.49. The standard InChI is InChI=1S/C16H14BrN3O/c17-13-3-1-2-12(8-13)16-11-20(6-7-21-16)15-5-4-14(9-18)19-10-15/h1-5,8,10,16H,6-7,11H2/t16-/m0/s1. The molecule has 0 N–H and O–H groups in total. The van der Waals surface area contributed by atoms with Gasteiger partial charge < -0.3 is 9.64 Å². The number of rotatable bonds is 2. The number of hydrogen-bond donors (Lipinski definition) is 0. The molecule has 106 valence electrons. The zero-order valence-corrected chi connectivity index (χ0v) is 13.0. The molecule has 1 aliphatic heterocycles. The zero-order valence-electron chi connectivity index (χ0n) is 11.4. The zero-order chi connectivity index (χ0) is 14.7. The summed E-state index contributed by atoms with van der Waals surface area (Å²) in [5.41, 5.74) is 2.63. The van der Waals surface area contributed by atoms with E-state index in [2.05, 4.69) is 37.9 Å². The third-order valence-corrected chi connectivity index (χ3v) is 4.01. The van der Waals surface area contributed by atoms with Crippen molar-refractivity contribution in [3.8, 4) is 6.07 Å². The molecule has 0 bridgehead atoms. The minimum Gasteiger partial charge on any atom is -0.370 e. The molecule has 1 atom stereocenters. The van der Waals surface area contributed by atoms with E-state index in [1.165, 1.54) is 0 Å². The minimum absolute atomic E-state index is 0.0480. The molecule has 21 heavy (non-hydrogen) atoms. The van der Waals surface area contributed by atoms with Gasteiger partial charge in [-0.05, 0) is 29.8 Å². The lowest BCUT2D eigenvalue weighted by Crippen LogP contribution is -2.38. The average molecular weight is 344 g/mol. The highest BCUT2D eigenvalue weighted by atomic mass is 79.9. The van der Waals surface area contributed by atoms with Crippen molar-refractivity contribution in [2.24, 2.45) is 0 Å². The molecule has 0 unspecified atom stereocenters. The van der Waals surface area contributed by atoms with Crippen molar-refractivity contribution in [3.63, 3.8) is 0 Å². The van der Waals surface area contributed by atoms with Crippen LogP contribution in [0.5, 0.6) is 0 Å². The van der Waals surface area contributed by atoms with Gasteiger partial charge in [0.05, 0.1) is 18.5 Å². The number of ether oxygens (including phenoxy) is 1. The number of morpholine rings is 1. The summed E-state index contributed by atoms with van der Waals surface area (Å²) in [6, 6.07) is 13.9. The van der Waals surface area contributed by atoms with Crippen LogP contribution in [0.4, 0.5) is 5.69 Å². The predicted molar refractivity (Wildman–Crippen MR) is 84.0 cm³/mol. The maximum absolute atomic E-state index is 8.80. The highest BCUT2D eigenvalue weighted by Gasteiger charge is 2.22. The van der Waals surface area contributed by atoms with Crippen LogP contribution in [0.1, 0.15) is 17.4 Å². The lowest BCUT2D eigenvalue weighted by molar-refractivity contribution is 0.0397. The molecule has 0 radical (unpaired) electrons. The molecule has 0 amide bonds. The Morgan fingerprint density at radius 3 is 2.95 bits per heavy atom. The summed E-state index contributed by atoms with van der Waals surface area (Å²) in [6.07, 6.45) is 1.80. The van der Waals surface area contributed by atoms with E-state index < -0.39 is 0 Å². The van der Waals surface area contributed by atoms with Crippen molar-refractivity contribution in [3.05, 3.63) is 58.3 Å². The number of hydrogen-bond acceptors (Lipinski definition) is 4. The molecule has 1 aliphatic rings. The van der Waals surface area contributed by atoms with Crippen LogP contribution in [0.2, 0.25) is 0 Å². The lowest BCUT2D eigenvalue weighted by atomic mass is 10.1. The molecule has 0 spiro atoms. The quantitative estimate of drug-likeness (QED) is 0.839. The highest BCUT2D eigenvalue weighted by Crippen LogP contribution is 2.27. The number of halogens is 1. The number of nitriles is 1. The van der Waals surface area contributed by atoms with Crippen molar-refractivity contribution in [1.29, 1.82) is 5.26 Å². The third-order valence-electron chi connectivity index (χ3n) is 3.51. The van der Waals surface area contributed by atoms with Gasteiger partial charge in [-0.15, -0.1) is 0 Å². The van der Waals surface area contributed by atoms with E-state index in [1.807, 2.05) is 24.3 Å². The van der Waals surface area contributed by atoms with Crippen molar-refractivity contribution in [1.82, 2.24) is 4.98 Å². The maximum atomic E-state index is 8.80. The topological polar surface area (TPSA) is 49.2 Å². The summed E-state index contributed by atoms with van der Waals surface area (Å²) in [5.74, 6) is 0. The molecule has 3 rings (SSSR count). The first-order valence-corrected chi connectivity index (χ1v) is 7.54. The van der Waals surface area contributed by atoms with Gasteiger partial charge in [0.15, 0.2) is 0 Å². The lowest BCUT2D eigenvalue weighted by Gasteiger charge is -2.34. The van der Waals surface area contributed by atoms with Crippen molar-refractivity contribution >= 4 is 21.6 Å². The van der Waals surface area contributed by atoms with E-state index in [0.717, 1.165) is 28.8 Å². The summed E-state index contributed by atoms with van der Waals surface area (Å²) < 4.78 is 6.94. The molecular formula is C16H14BrN3O. The molecule has 0 aliphatic carbocycles. The molecule has 4 nitrogen and oxygen atoms in total. The summed E-state index contributed by atoms with van der Waals surface area (Å²) in [7, 11) is 0. The van der Waals surface area contributed by atoms with Crippen molar-refractivity contribution < 1.29 is 4.74 Å². The first-order chi connectivity index (χ1) is 10.3. The van der Waals surface area contributed by atoms with Gasteiger partial charge in [0.1, 0.15) is 17.9 Å². The van der Waals surface area contributed by atoms with Crippen LogP contribution in [-0.4, -0.2) is 24.7 Å². The monoisotopic (exact) mass is 343 g/mol. The van der Waals surface area contributed by atoms with Crippen LogP contribution >= 0.6 is 15.9 Å². The van der Waals surface area contributed by atoms with Crippen LogP contribution in [0, 0.1) is 11.3 Å². The fraction of sp³-hybridized carbons (Fsp3) is 0.250. The van der Waals surface area contributed by atoms with E-state index in [1.54, 1.807) is 12.3 Å². The molecule has 1 saturated heterocycles. The predicted octanol–water partition coefficient (Wildman–Crippen LogP) is 3.29. The number of aromatic nitrogens is 1. The van der Waals surface area contributed by atoms with Gasteiger partial charge >= 0.3 is 0 Å². The normalized spacial score (nSPS) is 18.3. The van der Waals surface area contributed by atoms with E-state index >= 15 is 0 Å². The summed E-state index contributed by atoms with van der Waals surface area (Å²) in [5, 5.41) is 8.80. The van der Waals surface area contributed by atoms with Gasteiger partial charge in [-0.1, -0.05) is 28.1 Å². The van der Waals surface area contributed by atoms with Crippen LogP contribution < -0.4 is 4.90 Å². The average Bonchev–Trinajstić information content (AvgIpc) is 2.55. The van der Waals surface area contributed by atoms with Crippen LogP contribution in [-0.2, 0) is 4.74 Å². The maximum Gasteiger partial charge on any atom is 0.140 e. The molecule has 1 fully saturated rings. The summed E-state index contributed by atoms with van der Waals surface area (Å²) in [6.45, 7) is 2.29. The fourth-order valence-electron chi connectivity index (χ4n) is 2.43. The second-order valence-electron chi connectivity index (χ2n) is 4.87. The Morgan fingerprint density at radius 2 is 2.24 bits per heavy atom. The van der Waals surface area contributed by atoms with Gasteiger partial charge in [-0.3, -0.25) is 0 Å². The third kappa shape index (κ3) is 3.23. The van der Waals surface area contributed by atoms with Gasteiger partial charge in [0.25, 0.3) is 0 Å². The fourth-order valence-corrected chi connectivity index (χ4v) is 2.85. The number of pyridine rings is 1. The minimum atomic E-state index is 0.0480. The van der Waals surface area contributed by atoms with Gasteiger partial charge in [-0.2, -0.15) is 5.26 Å². The Kier molecular flexibility index (Phi) is 4.18. The molecule has 1 aromatic heterocycles. The molecule has 0 saturated carbocycles. The highest BCUT2D eigenvalue weighted by molar-refractivity contribution is 9.10.